The number of thiophene rings is 1. The number of amides is 1. The van der Waals surface area contributed by atoms with Gasteiger partial charge in [0.05, 0.1) is 24.8 Å². The van der Waals surface area contributed by atoms with Crippen molar-refractivity contribution < 1.29 is 9.53 Å². The normalized spacial score (nSPS) is 18.5. The van der Waals surface area contributed by atoms with E-state index in [2.05, 4.69) is 22.4 Å². The van der Waals surface area contributed by atoms with Crippen LogP contribution in [0.3, 0.4) is 0 Å². The van der Waals surface area contributed by atoms with Crippen LogP contribution in [-0.2, 0) is 9.53 Å². The Morgan fingerprint density at radius 1 is 1.52 bits per heavy atom. The number of nitrogens with zero attached hydrogens (tertiary/aromatic N) is 2. The van der Waals surface area contributed by atoms with Crippen molar-refractivity contribution in [3.8, 4) is 0 Å². The SMILES string of the molecule is CN(CC(c1cccs1)N1CCOCC1)C(=O)C(C)(C)N. The van der Waals surface area contributed by atoms with Crippen molar-refractivity contribution >= 4 is 17.2 Å². The lowest BCUT2D eigenvalue weighted by Crippen LogP contribution is -2.52. The molecular weight excluding hydrogens is 286 g/mol. The topological polar surface area (TPSA) is 58.8 Å². The molecule has 2 rings (SSSR count). The first-order valence-corrected chi connectivity index (χ1v) is 8.17. The molecule has 1 aliphatic rings. The molecule has 1 amide bonds. The number of nitrogens with two attached hydrogens (primary N) is 1. The predicted molar refractivity (Wildman–Crippen MR) is 85.4 cm³/mol. The van der Waals surface area contributed by atoms with Crippen LogP contribution in [0.4, 0.5) is 0 Å². The summed E-state index contributed by atoms with van der Waals surface area (Å²) in [5.41, 5.74) is 5.10. The van der Waals surface area contributed by atoms with Crippen LogP contribution in [-0.4, -0.2) is 61.1 Å². The highest BCUT2D eigenvalue weighted by atomic mass is 32.1. The van der Waals surface area contributed by atoms with Gasteiger partial charge in [0.1, 0.15) is 0 Å². The molecule has 1 aromatic rings. The summed E-state index contributed by atoms with van der Waals surface area (Å²) in [7, 11) is 1.83. The maximum Gasteiger partial charge on any atom is 0.241 e. The van der Waals surface area contributed by atoms with Crippen molar-refractivity contribution in [1.29, 1.82) is 0 Å². The second-order valence-corrected chi connectivity index (χ2v) is 7.07. The second-order valence-electron chi connectivity index (χ2n) is 6.09. The smallest absolute Gasteiger partial charge is 0.241 e. The number of morpholine rings is 1. The van der Waals surface area contributed by atoms with E-state index in [1.807, 2.05) is 7.05 Å². The Morgan fingerprint density at radius 3 is 2.71 bits per heavy atom. The summed E-state index contributed by atoms with van der Waals surface area (Å²) < 4.78 is 5.44. The number of carbonyl (C=O) groups excluding carboxylic acids is 1. The number of rotatable bonds is 5. The molecule has 0 spiro atoms. The van der Waals surface area contributed by atoms with Crippen molar-refractivity contribution in [3.63, 3.8) is 0 Å². The summed E-state index contributed by atoms with van der Waals surface area (Å²) in [6.45, 7) is 7.46. The molecule has 118 valence electrons. The third kappa shape index (κ3) is 4.26. The summed E-state index contributed by atoms with van der Waals surface area (Å²) in [5.74, 6) is -0.0303. The highest BCUT2D eigenvalue weighted by molar-refractivity contribution is 7.10. The molecule has 0 aromatic carbocycles. The summed E-state index contributed by atoms with van der Waals surface area (Å²) in [4.78, 5) is 17.7. The molecule has 6 heteroatoms. The molecule has 2 heterocycles. The van der Waals surface area contributed by atoms with Gasteiger partial charge in [-0.15, -0.1) is 11.3 Å². The molecule has 0 radical (unpaired) electrons. The molecule has 1 unspecified atom stereocenters. The number of carbonyl (C=O) groups is 1. The van der Waals surface area contributed by atoms with Gasteiger partial charge in [-0.3, -0.25) is 9.69 Å². The molecule has 1 aromatic heterocycles. The van der Waals surface area contributed by atoms with E-state index >= 15 is 0 Å². The second kappa shape index (κ2) is 6.87. The van der Waals surface area contributed by atoms with Gasteiger partial charge in [0, 0.05) is 31.6 Å². The van der Waals surface area contributed by atoms with Crippen molar-refractivity contribution in [3.05, 3.63) is 22.4 Å². The summed E-state index contributed by atoms with van der Waals surface area (Å²) in [6, 6.07) is 4.41. The molecule has 1 aliphatic heterocycles. The highest BCUT2D eigenvalue weighted by Crippen LogP contribution is 2.27. The zero-order valence-electron chi connectivity index (χ0n) is 13.0. The van der Waals surface area contributed by atoms with Gasteiger partial charge in [-0.25, -0.2) is 0 Å². The Kier molecular flexibility index (Phi) is 5.37. The molecule has 21 heavy (non-hydrogen) atoms. The van der Waals surface area contributed by atoms with E-state index in [1.54, 1.807) is 30.1 Å². The van der Waals surface area contributed by atoms with E-state index < -0.39 is 5.54 Å². The first kappa shape index (κ1) is 16.4. The van der Waals surface area contributed by atoms with E-state index in [0.717, 1.165) is 26.3 Å². The van der Waals surface area contributed by atoms with Crippen molar-refractivity contribution in [2.45, 2.75) is 25.4 Å². The highest BCUT2D eigenvalue weighted by Gasteiger charge is 2.30. The van der Waals surface area contributed by atoms with Gasteiger partial charge >= 0.3 is 0 Å². The number of hydrogen-bond donors (Lipinski definition) is 1. The quantitative estimate of drug-likeness (QED) is 0.891. The fourth-order valence-corrected chi connectivity index (χ4v) is 3.44. The summed E-state index contributed by atoms with van der Waals surface area (Å²) >= 11 is 1.73. The average molecular weight is 311 g/mol. The van der Waals surface area contributed by atoms with E-state index in [4.69, 9.17) is 10.5 Å². The minimum atomic E-state index is -0.834. The van der Waals surface area contributed by atoms with Gasteiger partial charge in [0.2, 0.25) is 5.91 Å². The van der Waals surface area contributed by atoms with Gasteiger partial charge in [-0.05, 0) is 25.3 Å². The molecule has 1 saturated heterocycles. The van der Waals surface area contributed by atoms with Gasteiger partial charge in [0.15, 0.2) is 0 Å². The zero-order chi connectivity index (χ0) is 15.5. The van der Waals surface area contributed by atoms with Crippen LogP contribution in [0, 0.1) is 0 Å². The largest absolute Gasteiger partial charge is 0.379 e. The average Bonchev–Trinajstić information content (AvgIpc) is 2.97. The monoisotopic (exact) mass is 311 g/mol. The predicted octanol–water partition coefficient (Wildman–Crippen LogP) is 1.32. The maximum absolute atomic E-state index is 12.3. The molecule has 2 N–H and O–H groups in total. The molecule has 0 aliphatic carbocycles. The molecule has 1 fully saturated rings. The van der Waals surface area contributed by atoms with E-state index in [1.165, 1.54) is 4.88 Å². The fourth-order valence-electron chi connectivity index (χ4n) is 2.59. The number of hydrogen-bond acceptors (Lipinski definition) is 5. The Morgan fingerprint density at radius 2 is 2.19 bits per heavy atom. The molecule has 0 saturated carbocycles. The Bertz CT molecular complexity index is 450. The molecule has 0 bridgehead atoms. The van der Waals surface area contributed by atoms with Gasteiger partial charge < -0.3 is 15.4 Å². The van der Waals surface area contributed by atoms with Crippen molar-refractivity contribution in [1.82, 2.24) is 9.80 Å². The third-order valence-electron chi connectivity index (χ3n) is 3.70. The lowest BCUT2D eigenvalue weighted by atomic mass is 10.0. The van der Waals surface area contributed by atoms with Crippen LogP contribution < -0.4 is 5.73 Å². The number of ether oxygens (including phenoxy) is 1. The molecule has 5 nitrogen and oxygen atoms in total. The first-order chi connectivity index (χ1) is 9.89. The molecular formula is C15H25N3O2S. The van der Waals surface area contributed by atoms with Crippen LogP contribution in [0.5, 0.6) is 0 Å². The zero-order valence-corrected chi connectivity index (χ0v) is 13.9. The van der Waals surface area contributed by atoms with Crippen LogP contribution in [0.15, 0.2) is 17.5 Å². The van der Waals surface area contributed by atoms with E-state index in [9.17, 15) is 4.79 Å². The lowest BCUT2D eigenvalue weighted by Gasteiger charge is -2.37. The van der Waals surface area contributed by atoms with E-state index in [0.29, 0.717) is 6.54 Å². The van der Waals surface area contributed by atoms with Crippen molar-refractivity contribution in [2.24, 2.45) is 5.73 Å². The Balaban J connectivity index is 2.11. The van der Waals surface area contributed by atoms with Crippen LogP contribution in [0.25, 0.3) is 0 Å². The summed E-state index contributed by atoms with van der Waals surface area (Å²) in [6.07, 6.45) is 0. The lowest BCUT2D eigenvalue weighted by molar-refractivity contribution is -0.135. The first-order valence-electron chi connectivity index (χ1n) is 7.29. The maximum atomic E-state index is 12.3. The van der Waals surface area contributed by atoms with Crippen LogP contribution in [0.1, 0.15) is 24.8 Å². The van der Waals surface area contributed by atoms with Crippen LogP contribution >= 0.6 is 11.3 Å². The Hall–Kier alpha value is -0.950. The van der Waals surface area contributed by atoms with Gasteiger partial charge in [0.25, 0.3) is 0 Å². The standard InChI is InChI=1S/C15H25N3O2S/c1-15(2,16)14(19)17(3)11-12(13-5-4-10-21-13)18-6-8-20-9-7-18/h4-5,10,12H,6-9,11,16H2,1-3H3. The summed E-state index contributed by atoms with van der Waals surface area (Å²) in [5, 5.41) is 2.08. The van der Waals surface area contributed by atoms with E-state index in [-0.39, 0.29) is 11.9 Å². The Labute approximate surface area is 130 Å². The number of likely N-dealkylation sites (N-methyl/N-ethyl adjacent to an activating group) is 1. The van der Waals surface area contributed by atoms with Gasteiger partial charge in [-0.2, -0.15) is 0 Å². The minimum Gasteiger partial charge on any atom is -0.379 e. The molecule has 1 atom stereocenters. The van der Waals surface area contributed by atoms with Crippen molar-refractivity contribution in [2.75, 3.05) is 39.9 Å². The minimum absolute atomic E-state index is 0.0303. The third-order valence-corrected chi connectivity index (χ3v) is 4.68. The fraction of sp³-hybridized carbons (Fsp3) is 0.667. The van der Waals surface area contributed by atoms with Gasteiger partial charge in [-0.1, -0.05) is 6.07 Å². The van der Waals surface area contributed by atoms with Crippen LogP contribution in [0.2, 0.25) is 0 Å².